The largest absolute Gasteiger partial charge is 0.352 e. The average Bonchev–Trinajstić information content (AvgIpc) is 3.20. The lowest BCUT2D eigenvalue weighted by Gasteiger charge is -2.17. The van der Waals surface area contributed by atoms with Gasteiger partial charge in [-0.25, -0.2) is 0 Å². The zero-order chi connectivity index (χ0) is 22.5. The van der Waals surface area contributed by atoms with Gasteiger partial charge in [0.2, 0.25) is 11.8 Å². The molecular weight excluding hydrogens is 472 g/mol. The fourth-order valence-electron chi connectivity index (χ4n) is 3.57. The SMILES string of the molecule is O=C(Nc1cccc(CNC(=O)[C@@H]2CC(=O)N(c3cccc(Br)c3)C2)c1)c1cccnc1. The number of pyridine rings is 1. The van der Waals surface area contributed by atoms with Gasteiger partial charge >= 0.3 is 0 Å². The Hall–Kier alpha value is -3.52. The van der Waals surface area contributed by atoms with E-state index in [0.29, 0.717) is 24.3 Å². The fraction of sp³-hybridized carbons (Fsp3) is 0.167. The van der Waals surface area contributed by atoms with Crippen molar-refractivity contribution in [3.8, 4) is 0 Å². The van der Waals surface area contributed by atoms with Crippen molar-refractivity contribution in [2.45, 2.75) is 13.0 Å². The molecule has 3 aromatic rings. The molecule has 0 unspecified atom stereocenters. The van der Waals surface area contributed by atoms with Crippen molar-refractivity contribution in [1.29, 1.82) is 0 Å². The first kappa shape index (κ1) is 21.7. The van der Waals surface area contributed by atoms with Crippen LogP contribution in [0.5, 0.6) is 0 Å². The smallest absolute Gasteiger partial charge is 0.257 e. The third-order valence-corrected chi connectivity index (χ3v) is 5.68. The Balaban J connectivity index is 1.34. The highest BCUT2D eigenvalue weighted by molar-refractivity contribution is 9.10. The van der Waals surface area contributed by atoms with Crippen molar-refractivity contribution >= 4 is 45.0 Å². The number of carbonyl (C=O) groups excluding carboxylic acids is 3. The zero-order valence-corrected chi connectivity index (χ0v) is 18.7. The molecule has 2 aromatic carbocycles. The molecule has 0 aliphatic carbocycles. The minimum absolute atomic E-state index is 0.0663. The normalized spacial score (nSPS) is 15.5. The van der Waals surface area contributed by atoms with E-state index in [2.05, 4.69) is 31.5 Å². The summed E-state index contributed by atoms with van der Waals surface area (Å²) < 4.78 is 0.881. The number of amides is 3. The number of nitrogens with zero attached hydrogens (tertiary/aromatic N) is 2. The van der Waals surface area contributed by atoms with Gasteiger partial charge in [-0.1, -0.05) is 34.1 Å². The lowest BCUT2D eigenvalue weighted by molar-refractivity contribution is -0.126. The van der Waals surface area contributed by atoms with Crippen LogP contribution in [0.3, 0.4) is 0 Å². The number of nitrogens with one attached hydrogen (secondary N) is 2. The quantitative estimate of drug-likeness (QED) is 0.547. The molecular formula is C24H21BrN4O3. The highest BCUT2D eigenvalue weighted by Crippen LogP contribution is 2.27. The van der Waals surface area contributed by atoms with Crippen molar-refractivity contribution in [3.05, 3.63) is 88.7 Å². The van der Waals surface area contributed by atoms with Crippen LogP contribution in [0.25, 0.3) is 0 Å². The summed E-state index contributed by atoms with van der Waals surface area (Å²) in [7, 11) is 0. The molecule has 8 heteroatoms. The summed E-state index contributed by atoms with van der Waals surface area (Å²) in [6.45, 7) is 0.652. The number of anilines is 2. The highest BCUT2D eigenvalue weighted by Gasteiger charge is 2.35. The van der Waals surface area contributed by atoms with Crippen LogP contribution in [0.15, 0.2) is 77.5 Å². The van der Waals surface area contributed by atoms with E-state index >= 15 is 0 Å². The molecule has 0 saturated carbocycles. The maximum Gasteiger partial charge on any atom is 0.257 e. The standard InChI is InChI=1S/C24H21BrN4O3/c25-19-6-2-8-21(12-19)29-15-18(11-22(29)30)23(31)27-13-16-4-1-7-20(10-16)28-24(32)17-5-3-9-26-14-17/h1-10,12,14,18H,11,13,15H2,(H,27,31)(H,28,32)/t18-/m1/s1. The Morgan fingerprint density at radius 2 is 1.94 bits per heavy atom. The number of rotatable bonds is 6. The molecule has 1 fully saturated rings. The van der Waals surface area contributed by atoms with Crippen LogP contribution in [-0.4, -0.2) is 29.3 Å². The van der Waals surface area contributed by atoms with E-state index in [0.717, 1.165) is 15.7 Å². The van der Waals surface area contributed by atoms with E-state index in [9.17, 15) is 14.4 Å². The van der Waals surface area contributed by atoms with Gasteiger partial charge in [0.15, 0.2) is 0 Å². The van der Waals surface area contributed by atoms with Crippen molar-refractivity contribution < 1.29 is 14.4 Å². The number of benzene rings is 2. The van der Waals surface area contributed by atoms with E-state index in [1.165, 1.54) is 6.20 Å². The second kappa shape index (κ2) is 9.74. The summed E-state index contributed by atoms with van der Waals surface area (Å²) in [6, 6.07) is 18.1. The number of halogens is 1. The predicted molar refractivity (Wildman–Crippen MR) is 125 cm³/mol. The molecule has 0 radical (unpaired) electrons. The van der Waals surface area contributed by atoms with Crippen molar-refractivity contribution in [3.63, 3.8) is 0 Å². The van der Waals surface area contributed by atoms with Crippen molar-refractivity contribution in [2.75, 3.05) is 16.8 Å². The Morgan fingerprint density at radius 3 is 2.72 bits per heavy atom. The van der Waals surface area contributed by atoms with E-state index in [1.54, 1.807) is 29.3 Å². The minimum atomic E-state index is -0.407. The van der Waals surface area contributed by atoms with Gasteiger partial charge in [0, 0.05) is 47.8 Å². The third kappa shape index (κ3) is 5.20. The van der Waals surface area contributed by atoms with Crippen LogP contribution in [0, 0.1) is 5.92 Å². The summed E-state index contributed by atoms with van der Waals surface area (Å²) in [5.41, 5.74) is 2.71. The van der Waals surface area contributed by atoms with Gasteiger partial charge < -0.3 is 15.5 Å². The van der Waals surface area contributed by atoms with Gasteiger partial charge in [-0.2, -0.15) is 0 Å². The summed E-state index contributed by atoms with van der Waals surface area (Å²) >= 11 is 3.41. The molecule has 32 heavy (non-hydrogen) atoms. The maximum absolute atomic E-state index is 12.7. The van der Waals surface area contributed by atoms with Crippen molar-refractivity contribution in [2.24, 2.45) is 5.92 Å². The van der Waals surface area contributed by atoms with Crippen molar-refractivity contribution in [1.82, 2.24) is 10.3 Å². The Morgan fingerprint density at radius 1 is 1.09 bits per heavy atom. The predicted octanol–water partition coefficient (Wildman–Crippen LogP) is 3.77. The highest BCUT2D eigenvalue weighted by atomic mass is 79.9. The zero-order valence-electron chi connectivity index (χ0n) is 17.1. The van der Waals surface area contributed by atoms with E-state index in [1.807, 2.05) is 42.5 Å². The first-order valence-electron chi connectivity index (χ1n) is 10.1. The first-order chi connectivity index (χ1) is 15.5. The van der Waals surface area contributed by atoms with Crippen LogP contribution < -0.4 is 15.5 Å². The van der Waals surface area contributed by atoms with E-state index in [-0.39, 0.29) is 24.1 Å². The van der Waals surface area contributed by atoms with Gasteiger partial charge in [0.25, 0.3) is 5.91 Å². The molecule has 0 spiro atoms. The molecule has 1 aromatic heterocycles. The lowest BCUT2D eigenvalue weighted by atomic mass is 10.1. The molecule has 0 bridgehead atoms. The average molecular weight is 493 g/mol. The molecule has 162 valence electrons. The summed E-state index contributed by atoms with van der Waals surface area (Å²) in [4.78, 5) is 43.0. The molecule has 4 rings (SSSR count). The maximum atomic E-state index is 12.7. The second-order valence-electron chi connectivity index (χ2n) is 7.50. The van der Waals surface area contributed by atoms with Gasteiger partial charge in [-0.15, -0.1) is 0 Å². The summed E-state index contributed by atoms with van der Waals surface area (Å²) in [5, 5.41) is 5.74. The Kier molecular flexibility index (Phi) is 6.61. The summed E-state index contributed by atoms with van der Waals surface area (Å²) in [6.07, 6.45) is 3.29. The van der Waals surface area contributed by atoms with E-state index < -0.39 is 5.92 Å². The molecule has 1 saturated heterocycles. The van der Waals surface area contributed by atoms with Gasteiger partial charge in [-0.3, -0.25) is 19.4 Å². The van der Waals surface area contributed by atoms with Crippen LogP contribution in [-0.2, 0) is 16.1 Å². The number of hydrogen-bond acceptors (Lipinski definition) is 4. The van der Waals surface area contributed by atoms with Crippen LogP contribution in [0.1, 0.15) is 22.3 Å². The number of hydrogen-bond donors (Lipinski definition) is 2. The fourth-order valence-corrected chi connectivity index (χ4v) is 3.96. The second-order valence-corrected chi connectivity index (χ2v) is 8.41. The number of aromatic nitrogens is 1. The molecule has 1 aliphatic heterocycles. The van der Waals surface area contributed by atoms with E-state index in [4.69, 9.17) is 0 Å². The van der Waals surface area contributed by atoms with Gasteiger partial charge in [0.1, 0.15) is 0 Å². The van der Waals surface area contributed by atoms with Crippen LogP contribution in [0.2, 0.25) is 0 Å². The lowest BCUT2D eigenvalue weighted by Crippen LogP contribution is -2.32. The molecule has 7 nitrogen and oxygen atoms in total. The number of carbonyl (C=O) groups is 3. The Bertz CT molecular complexity index is 1150. The Labute approximate surface area is 194 Å². The monoisotopic (exact) mass is 492 g/mol. The third-order valence-electron chi connectivity index (χ3n) is 5.19. The van der Waals surface area contributed by atoms with Gasteiger partial charge in [0.05, 0.1) is 11.5 Å². The molecule has 2 heterocycles. The first-order valence-corrected chi connectivity index (χ1v) is 10.9. The van der Waals surface area contributed by atoms with Gasteiger partial charge in [-0.05, 0) is 48.0 Å². The van der Waals surface area contributed by atoms with Crippen LogP contribution in [0.4, 0.5) is 11.4 Å². The topological polar surface area (TPSA) is 91.4 Å². The molecule has 1 atom stereocenters. The molecule has 2 N–H and O–H groups in total. The van der Waals surface area contributed by atoms with Crippen LogP contribution >= 0.6 is 15.9 Å². The minimum Gasteiger partial charge on any atom is -0.352 e. The summed E-state index contributed by atoms with van der Waals surface area (Å²) in [5.74, 6) is -0.893. The molecule has 3 amide bonds. The molecule has 1 aliphatic rings.